The van der Waals surface area contributed by atoms with E-state index in [2.05, 4.69) is 0 Å². The molecule has 0 aliphatic rings. The first-order valence-corrected chi connectivity index (χ1v) is 6.14. The van der Waals surface area contributed by atoms with Crippen molar-refractivity contribution in [2.75, 3.05) is 11.9 Å². The summed E-state index contributed by atoms with van der Waals surface area (Å²) in [6, 6.07) is 12.4. The van der Waals surface area contributed by atoms with Gasteiger partial charge < -0.3 is 4.90 Å². The SMILES string of the molecule is CN(C(=O)c1ccc(Cl)cc1F)c1cccc(C#N)c1. The van der Waals surface area contributed by atoms with Crippen LogP contribution in [0.4, 0.5) is 10.1 Å². The number of nitriles is 1. The van der Waals surface area contributed by atoms with Crippen LogP contribution < -0.4 is 4.90 Å². The van der Waals surface area contributed by atoms with E-state index in [0.717, 1.165) is 6.07 Å². The fourth-order valence-electron chi connectivity index (χ4n) is 1.74. The van der Waals surface area contributed by atoms with Crippen molar-refractivity contribution in [3.05, 3.63) is 64.4 Å². The second-order valence-electron chi connectivity index (χ2n) is 4.15. The highest BCUT2D eigenvalue weighted by atomic mass is 35.5. The average molecular weight is 289 g/mol. The molecular formula is C15H10ClFN2O. The van der Waals surface area contributed by atoms with Crippen LogP contribution in [0.25, 0.3) is 0 Å². The van der Waals surface area contributed by atoms with Crippen LogP contribution in [0.3, 0.4) is 0 Å². The lowest BCUT2D eigenvalue weighted by Crippen LogP contribution is -2.27. The highest BCUT2D eigenvalue weighted by Gasteiger charge is 2.17. The third kappa shape index (κ3) is 2.79. The second kappa shape index (κ2) is 5.72. The fraction of sp³-hybridized carbons (Fsp3) is 0.0667. The molecule has 0 aromatic heterocycles. The van der Waals surface area contributed by atoms with Gasteiger partial charge in [0.1, 0.15) is 5.82 Å². The maximum absolute atomic E-state index is 13.7. The average Bonchev–Trinajstić information content (AvgIpc) is 2.46. The Morgan fingerprint density at radius 1 is 1.30 bits per heavy atom. The third-order valence-electron chi connectivity index (χ3n) is 2.83. The van der Waals surface area contributed by atoms with Crippen LogP contribution in [-0.4, -0.2) is 13.0 Å². The predicted molar refractivity (Wildman–Crippen MR) is 75.3 cm³/mol. The smallest absolute Gasteiger partial charge is 0.260 e. The van der Waals surface area contributed by atoms with Crippen molar-refractivity contribution in [3.8, 4) is 6.07 Å². The molecule has 3 nitrogen and oxygen atoms in total. The van der Waals surface area contributed by atoms with Crippen LogP contribution >= 0.6 is 11.6 Å². The summed E-state index contributed by atoms with van der Waals surface area (Å²) in [4.78, 5) is 13.5. The van der Waals surface area contributed by atoms with E-state index in [1.165, 1.54) is 24.1 Å². The van der Waals surface area contributed by atoms with Gasteiger partial charge in [-0.1, -0.05) is 17.7 Å². The zero-order valence-corrected chi connectivity index (χ0v) is 11.4. The van der Waals surface area contributed by atoms with Gasteiger partial charge in [-0.2, -0.15) is 5.26 Å². The molecule has 0 N–H and O–H groups in total. The van der Waals surface area contributed by atoms with Crippen LogP contribution in [0.5, 0.6) is 0 Å². The van der Waals surface area contributed by atoms with Gasteiger partial charge in [-0.25, -0.2) is 4.39 Å². The Morgan fingerprint density at radius 2 is 2.05 bits per heavy atom. The molecule has 2 rings (SSSR count). The lowest BCUT2D eigenvalue weighted by molar-refractivity contribution is 0.0989. The summed E-state index contributed by atoms with van der Waals surface area (Å²) in [5.74, 6) is -1.18. The van der Waals surface area contributed by atoms with Gasteiger partial charge in [-0.05, 0) is 36.4 Å². The van der Waals surface area contributed by atoms with Crippen molar-refractivity contribution in [1.29, 1.82) is 5.26 Å². The summed E-state index contributed by atoms with van der Waals surface area (Å²) < 4.78 is 13.7. The van der Waals surface area contributed by atoms with Crippen molar-refractivity contribution < 1.29 is 9.18 Å². The number of benzene rings is 2. The lowest BCUT2D eigenvalue weighted by atomic mass is 10.1. The molecule has 0 bridgehead atoms. The molecule has 0 spiro atoms. The Kier molecular flexibility index (Phi) is 4.02. The fourth-order valence-corrected chi connectivity index (χ4v) is 1.90. The van der Waals surface area contributed by atoms with Gasteiger partial charge in [0.2, 0.25) is 0 Å². The van der Waals surface area contributed by atoms with Crippen molar-refractivity contribution >= 4 is 23.2 Å². The second-order valence-corrected chi connectivity index (χ2v) is 4.59. The Balaban J connectivity index is 2.35. The van der Waals surface area contributed by atoms with Gasteiger partial charge >= 0.3 is 0 Å². The molecule has 0 unspecified atom stereocenters. The number of nitrogens with zero attached hydrogens (tertiary/aromatic N) is 2. The Morgan fingerprint density at radius 3 is 2.70 bits per heavy atom. The summed E-state index contributed by atoms with van der Waals surface area (Å²) in [5, 5.41) is 9.08. The lowest BCUT2D eigenvalue weighted by Gasteiger charge is -2.18. The largest absolute Gasteiger partial charge is 0.311 e. The summed E-state index contributed by atoms with van der Waals surface area (Å²) in [6.07, 6.45) is 0. The first kappa shape index (κ1) is 14.0. The minimum absolute atomic E-state index is 0.0701. The summed E-state index contributed by atoms with van der Waals surface area (Å²) in [7, 11) is 1.52. The van der Waals surface area contributed by atoms with Gasteiger partial charge in [0.15, 0.2) is 0 Å². The van der Waals surface area contributed by atoms with E-state index in [1.54, 1.807) is 24.3 Å². The molecule has 0 fully saturated rings. The number of amides is 1. The van der Waals surface area contributed by atoms with Crippen LogP contribution in [0.2, 0.25) is 5.02 Å². The number of halogens is 2. The van der Waals surface area contributed by atoms with E-state index >= 15 is 0 Å². The van der Waals surface area contributed by atoms with Crippen molar-refractivity contribution in [2.24, 2.45) is 0 Å². The molecule has 2 aromatic carbocycles. The number of rotatable bonds is 2. The first-order chi connectivity index (χ1) is 9.52. The van der Waals surface area contributed by atoms with Crippen LogP contribution in [-0.2, 0) is 0 Å². The number of anilines is 1. The highest BCUT2D eigenvalue weighted by Crippen LogP contribution is 2.20. The Hall–Kier alpha value is -2.38. The Labute approximate surface area is 120 Å². The standard InChI is InChI=1S/C15H10ClFN2O/c1-19(12-4-2-3-10(7-12)9-18)15(20)13-6-5-11(16)8-14(13)17/h2-8H,1H3. The molecule has 0 atom stereocenters. The molecule has 0 heterocycles. The van der Waals surface area contributed by atoms with E-state index in [9.17, 15) is 9.18 Å². The maximum atomic E-state index is 13.7. The zero-order valence-electron chi connectivity index (χ0n) is 10.6. The summed E-state index contributed by atoms with van der Waals surface area (Å²) in [6.45, 7) is 0. The number of hydrogen-bond donors (Lipinski definition) is 0. The summed E-state index contributed by atoms with van der Waals surface area (Å²) >= 11 is 5.66. The van der Waals surface area contributed by atoms with Crippen LogP contribution in [0.1, 0.15) is 15.9 Å². The van der Waals surface area contributed by atoms with Crippen molar-refractivity contribution in [1.82, 2.24) is 0 Å². The highest BCUT2D eigenvalue weighted by molar-refractivity contribution is 6.30. The zero-order chi connectivity index (χ0) is 14.7. The molecule has 0 radical (unpaired) electrons. The molecule has 0 saturated carbocycles. The minimum atomic E-state index is -0.675. The quantitative estimate of drug-likeness (QED) is 0.847. The van der Waals surface area contributed by atoms with E-state index in [-0.39, 0.29) is 10.6 Å². The van der Waals surface area contributed by atoms with Gasteiger partial charge in [0.25, 0.3) is 5.91 Å². The monoisotopic (exact) mass is 288 g/mol. The molecular weight excluding hydrogens is 279 g/mol. The maximum Gasteiger partial charge on any atom is 0.260 e. The number of carbonyl (C=O) groups excluding carboxylic acids is 1. The van der Waals surface area contributed by atoms with Crippen molar-refractivity contribution in [3.63, 3.8) is 0 Å². The van der Waals surface area contributed by atoms with Gasteiger partial charge in [-0.15, -0.1) is 0 Å². The van der Waals surface area contributed by atoms with Gasteiger partial charge in [0, 0.05) is 17.8 Å². The normalized spacial score (nSPS) is 9.90. The van der Waals surface area contributed by atoms with Crippen molar-refractivity contribution in [2.45, 2.75) is 0 Å². The first-order valence-electron chi connectivity index (χ1n) is 5.76. The molecule has 20 heavy (non-hydrogen) atoms. The topological polar surface area (TPSA) is 44.1 Å². The molecule has 0 aliphatic carbocycles. The minimum Gasteiger partial charge on any atom is -0.311 e. The van der Waals surface area contributed by atoms with Crippen LogP contribution in [0, 0.1) is 17.1 Å². The van der Waals surface area contributed by atoms with Crippen LogP contribution in [0.15, 0.2) is 42.5 Å². The molecule has 100 valence electrons. The third-order valence-corrected chi connectivity index (χ3v) is 3.06. The van der Waals surface area contributed by atoms with E-state index < -0.39 is 11.7 Å². The molecule has 2 aromatic rings. The Bertz CT molecular complexity index is 709. The number of hydrogen-bond acceptors (Lipinski definition) is 2. The number of carbonyl (C=O) groups is 1. The predicted octanol–water partition coefficient (Wildman–Crippen LogP) is 3.63. The molecule has 0 aliphatic heterocycles. The van der Waals surface area contributed by atoms with Gasteiger partial charge in [0.05, 0.1) is 17.2 Å². The molecule has 5 heteroatoms. The molecule has 1 amide bonds. The van der Waals surface area contributed by atoms with E-state index in [4.69, 9.17) is 16.9 Å². The van der Waals surface area contributed by atoms with Gasteiger partial charge in [-0.3, -0.25) is 4.79 Å². The van der Waals surface area contributed by atoms with E-state index in [0.29, 0.717) is 11.3 Å². The molecule has 0 saturated heterocycles. The van der Waals surface area contributed by atoms with E-state index in [1.807, 2.05) is 6.07 Å². The summed E-state index contributed by atoms with van der Waals surface area (Å²) in [5.41, 5.74) is 0.876.